The van der Waals surface area contributed by atoms with Crippen LogP contribution in [0.15, 0.2) is 0 Å². The maximum absolute atomic E-state index is 13.8. The Labute approximate surface area is 101 Å². The van der Waals surface area contributed by atoms with Crippen LogP contribution in [0.25, 0.3) is 0 Å². The number of esters is 1. The Morgan fingerprint density at radius 2 is 1.65 bits per heavy atom. The number of hydrogen-bond acceptors (Lipinski definition) is 5. The van der Waals surface area contributed by atoms with E-state index in [1.807, 2.05) is 0 Å². The predicted molar refractivity (Wildman–Crippen MR) is 61.6 cm³/mol. The summed E-state index contributed by atoms with van der Waals surface area (Å²) in [7, 11) is -4.09. The van der Waals surface area contributed by atoms with E-state index < -0.39 is 25.1 Å². The molecule has 0 amide bonds. The summed E-state index contributed by atoms with van der Waals surface area (Å²) in [6.07, 6.45) is 0. The minimum absolute atomic E-state index is 0.0134. The van der Waals surface area contributed by atoms with Crippen molar-refractivity contribution in [1.82, 2.24) is 0 Å². The number of ether oxygens (including phenoxy) is 1. The lowest BCUT2D eigenvalue weighted by Gasteiger charge is -2.24. The molecular weight excluding hydrogens is 250 g/mol. The average Bonchev–Trinajstić information content (AvgIpc) is 2.14. The zero-order valence-corrected chi connectivity index (χ0v) is 11.8. The van der Waals surface area contributed by atoms with E-state index in [2.05, 4.69) is 0 Å². The second-order valence-electron chi connectivity index (χ2n) is 4.24. The topological polar surface area (TPSA) is 61.8 Å². The second kappa shape index (κ2) is 6.47. The molecule has 0 aromatic carbocycles. The third kappa shape index (κ3) is 5.61. The molecule has 1 atom stereocenters. The fraction of sp³-hybridized carbons (Fsp3) is 0.900. The van der Waals surface area contributed by atoms with Crippen molar-refractivity contribution in [3.05, 3.63) is 0 Å². The normalized spacial score (nSPS) is 14.5. The van der Waals surface area contributed by atoms with Gasteiger partial charge >= 0.3 is 13.6 Å². The molecule has 0 aromatic rings. The molecule has 0 heterocycles. The largest absolute Gasteiger partial charge is 0.457 e. The number of hydrogen-bond donors (Lipinski definition) is 0. The van der Waals surface area contributed by atoms with E-state index in [-0.39, 0.29) is 13.2 Å². The summed E-state index contributed by atoms with van der Waals surface area (Å²) >= 11 is 0. The van der Waals surface area contributed by atoms with Gasteiger partial charge in [0.05, 0.1) is 13.2 Å². The number of carbonyl (C=O) groups excluding carboxylic acids is 1. The van der Waals surface area contributed by atoms with Crippen molar-refractivity contribution in [3.8, 4) is 0 Å². The Hall–Kier alpha value is -0.450. The van der Waals surface area contributed by atoms with Crippen molar-refractivity contribution in [2.75, 3.05) is 13.2 Å². The van der Waals surface area contributed by atoms with E-state index in [0.717, 1.165) is 0 Å². The molecule has 0 aliphatic heterocycles. The molecule has 7 heteroatoms. The van der Waals surface area contributed by atoms with Crippen LogP contribution in [0.2, 0.25) is 0 Å². The van der Waals surface area contributed by atoms with Gasteiger partial charge in [0.1, 0.15) is 5.60 Å². The Balaban J connectivity index is 4.78. The van der Waals surface area contributed by atoms with Crippen LogP contribution < -0.4 is 0 Å². The van der Waals surface area contributed by atoms with Crippen LogP contribution in [0.5, 0.6) is 0 Å². The van der Waals surface area contributed by atoms with Gasteiger partial charge in [-0.1, -0.05) is 0 Å². The Morgan fingerprint density at radius 1 is 1.24 bits per heavy atom. The molecule has 0 aliphatic carbocycles. The first kappa shape index (κ1) is 16.6. The monoisotopic (exact) mass is 270 g/mol. The number of rotatable bonds is 6. The third-order valence-electron chi connectivity index (χ3n) is 1.50. The molecule has 0 aliphatic rings. The summed E-state index contributed by atoms with van der Waals surface area (Å²) < 4.78 is 39.9. The van der Waals surface area contributed by atoms with Gasteiger partial charge in [-0.25, -0.2) is 9.18 Å². The Bertz CT molecular complexity index is 290. The molecule has 0 aromatic heterocycles. The van der Waals surface area contributed by atoms with Crippen molar-refractivity contribution >= 4 is 13.6 Å². The van der Waals surface area contributed by atoms with E-state index in [1.54, 1.807) is 20.8 Å². The highest BCUT2D eigenvalue weighted by molar-refractivity contribution is 7.55. The lowest BCUT2D eigenvalue weighted by Crippen LogP contribution is -2.30. The van der Waals surface area contributed by atoms with Crippen LogP contribution in [0.1, 0.15) is 34.6 Å². The maximum Gasteiger partial charge on any atom is 0.376 e. The zero-order valence-electron chi connectivity index (χ0n) is 10.9. The molecule has 102 valence electrons. The van der Waals surface area contributed by atoms with E-state index in [1.165, 1.54) is 13.8 Å². The lowest BCUT2D eigenvalue weighted by molar-refractivity contribution is -0.158. The molecule has 0 spiro atoms. The van der Waals surface area contributed by atoms with Crippen LogP contribution >= 0.6 is 7.60 Å². The molecule has 0 saturated heterocycles. The van der Waals surface area contributed by atoms with Crippen LogP contribution in [0.4, 0.5) is 4.39 Å². The fourth-order valence-corrected chi connectivity index (χ4v) is 2.37. The summed E-state index contributed by atoms with van der Waals surface area (Å²) in [6.45, 7) is 7.81. The highest BCUT2D eigenvalue weighted by Gasteiger charge is 2.44. The minimum Gasteiger partial charge on any atom is -0.457 e. The lowest BCUT2D eigenvalue weighted by atomic mass is 10.2. The SMILES string of the molecule is CCOP(=O)(OCC)[C@@H](F)C(=O)OC(C)(C)C. The van der Waals surface area contributed by atoms with E-state index >= 15 is 0 Å². The van der Waals surface area contributed by atoms with Crippen molar-refractivity contribution in [1.29, 1.82) is 0 Å². The maximum atomic E-state index is 13.8. The van der Waals surface area contributed by atoms with Crippen molar-refractivity contribution in [3.63, 3.8) is 0 Å². The standard InChI is InChI=1S/C10H20FO5P/c1-6-14-17(13,15-7-2)8(11)9(12)16-10(3,4)5/h8H,6-7H2,1-5H3/t8-/m1/s1. The van der Waals surface area contributed by atoms with Gasteiger partial charge in [-0.2, -0.15) is 0 Å². The van der Waals surface area contributed by atoms with E-state index in [0.29, 0.717) is 0 Å². The highest BCUT2D eigenvalue weighted by atomic mass is 31.2. The molecule has 0 bridgehead atoms. The van der Waals surface area contributed by atoms with Gasteiger partial charge < -0.3 is 13.8 Å². The van der Waals surface area contributed by atoms with Gasteiger partial charge in [-0.05, 0) is 34.6 Å². The summed E-state index contributed by atoms with van der Waals surface area (Å²) in [5, 5.41) is 0. The first-order chi connectivity index (χ1) is 7.66. The quantitative estimate of drug-likeness (QED) is 0.548. The molecule has 17 heavy (non-hydrogen) atoms. The number of carbonyl (C=O) groups is 1. The van der Waals surface area contributed by atoms with Crippen molar-refractivity contribution < 1.29 is 27.5 Å². The smallest absolute Gasteiger partial charge is 0.376 e. The first-order valence-electron chi connectivity index (χ1n) is 5.42. The van der Waals surface area contributed by atoms with Crippen molar-refractivity contribution in [2.24, 2.45) is 0 Å². The van der Waals surface area contributed by atoms with Crippen LogP contribution in [-0.2, 0) is 23.1 Å². The molecule has 5 nitrogen and oxygen atoms in total. The molecule has 0 saturated carbocycles. The molecular formula is C10H20FO5P. The van der Waals surface area contributed by atoms with Gasteiger partial charge in [-0.3, -0.25) is 4.57 Å². The fourth-order valence-electron chi connectivity index (χ4n) is 1.01. The van der Waals surface area contributed by atoms with Crippen LogP contribution in [0, 0.1) is 0 Å². The minimum atomic E-state index is -4.09. The zero-order chi connectivity index (χ0) is 13.7. The number of halogens is 1. The summed E-state index contributed by atoms with van der Waals surface area (Å²) in [6, 6.07) is 0. The number of alkyl halides is 1. The average molecular weight is 270 g/mol. The molecule has 0 rings (SSSR count). The van der Waals surface area contributed by atoms with Gasteiger partial charge in [-0.15, -0.1) is 0 Å². The second-order valence-corrected chi connectivity index (χ2v) is 6.29. The first-order valence-corrected chi connectivity index (χ1v) is 7.03. The Morgan fingerprint density at radius 3 is 1.94 bits per heavy atom. The van der Waals surface area contributed by atoms with Gasteiger partial charge in [0.2, 0.25) is 0 Å². The van der Waals surface area contributed by atoms with Crippen LogP contribution in [0.3, 0.4) is 0 Å². The summed E-state index contributed by atoms with van der Waals surface area (Å²) in [4.78, 5) is 11.4. The highest BCUT2D eigenvalue weighted by Crippen LogP contribution is 2.54. The molecule has 0 N–H and O–H groups in total. The Kier molecular flexibility index (Phi) is 6.30. The van der Waals surface area contributed by atoms with Crippen molar-refractivity contribution in [2.45, 2.75) is 46.1 Å². The van der Waals surface area contributed by atoms with Gasteiger partial charge in [0.15, 0.2) is 0 Å². The van der Waals surface area contributed by atoms with E-state index in [9.17, 15) is 13.8 Å². The third-order valence-corrected chi connectivity index (χ3v) is 3.50. The molecule has 0 fully saturated rings. The van der Waals surface area contributed by atoms with Gasteiger partial charge in [0.25, 0.3) is 5.91 Å². The molecule has 0 radical (unpaired) electrons. The van der Waals surface area contributed by atoms with E-state index in [4.69, 9.17) is 13.8 Å². The summed E-state index contributed by atoms with van der Waals surface area (Å²) in [5.41, 5.74) is -0.856. The molecule has 0 unspecified atom stereocenters. The van der Waals surface area contributed by atoms with Gasteiger partial charge in [0, 0.05) is 0 Å². The van der Waals surface area contributed by atoms with Crippen LogP contribution in [-0.4, -0.2) is 30.7 Å². The summed E-state index contributed by atoms with van der Waals surface area (Å²) in [5.74, 6) is -3.65. The predicted octanol–water partition coefficient (Wildman–Crippen LogP) is 2.89.